The Labute approximate surface area is 120 Å². The van der Waals surface area contributed by atoms with Gasteiger partial charge in [0.1, 0.15) is 5.82 Å². The molecule has 0 bridgehead atoms. The number of rotatable bonds is 3. The summed E-state index contributed by atoms with van der Waals surface area (Å²) in [6, 6.07) is 0. The summed E-state index contributed by atoms with van der Waals surface area (Å²) in [5, 5.41) is 3.35. The van der Waals surface area contributed by atoms with Gasteiger partial charge in [-0.1, -0.05) is 0 Å². The predicted octanol–water partition coefficient (Wildman–Crippen LogP) is 0.599. The van der Waals surface area contributed by atoms with Gasteiger partial charge < -0.3 is 10.2 Å². The lowest BCUT2D eigenvalue weighted by Crippen LogP contribution is -2.40. The van der Waals surface area contributed by atoms with E-state index in [1.807, 2.05) is 4.90 Å². The van der Waals surface area contributed by atoms with Crippen LogP contribution in [0, 0.1) is 0 Å². The van der Waals surface area contributed by atoms with Gasteiger partial charge in [0.15, 0.2) is 9.84 Å². The van der Waals surface area contributed by atoms with E-state index in [-0.39, 0.29) is 17.0 Å². The molecular formula is C13H22N4O2S. The number of hydrogen-bond donors (Lipinski definition) is 1. The molecule has 112 valence electrons. The molecule has 7 heteroatoms. The van der Waals surface area contributed by atoms with Crippen molar-refractivity contribution in [2.75, 3.05) is 29.5 Å². The van der Waals surface area contributed by atoms with Gasteiger partial charge in [0.2, 0.25) is 0 Å². The van der Waals surface area contributed by atoms with Gasteiger partial charge in [-0.25, -0.2) is 13.4 Å². The first kappa shape index (κ1) is 15.2. The molecule has 0 saturated carbocycles. The minimum absolute atomic E-state index is 0.0432. The molecule has 2 heterocycles. The molecule has 0 radical (unpaired) electrons. The summed E-state index contributed by atoms with van der Waals surface area (Å²) in [6.45, 7) is 7.97. The number of anilines is 1. The summed E-state index contributed by atoms with van der Waals surface area (Å²) in [5.41, 5.74) is 0.926. The van der Waals surface area contributed by atoms with Gasteiger partial charge in [-0.2, -0.15) is 0 Å². The SMILES string of the molecule is CC(C)(C)NCc1cnc(N2CCS(=O)(=O)CC2)cn1. The maximum atomic E-state index is 11.4. The molecule has 1 aliphatic heterocycles. The summed E-state index contributed by atoms with van der Waals surface area (Å²) >= 11 is 0. The molecule has 0 aromatic carbocycles. The van der Waals surface area contributed by atoms with Crippen LogP contribution in [0.25, 0.3) is 0 Å². The Morgan fingerprint density at radius 2 is 1.85 bits per heavy atom. The van der Waals surface area contributed by atoms with Crippen LogP contribution in [0.2, 0.25) is 0 Å². The highest BCUT2D eigenvalue weighted by Crippen LogP contribution is 2.13. The largest absolute Gasteiger partial charge is 0.353 e. The lowest BCUT2D eigenvalue weighted by molar-refractivity contribution is 0.421. The number of hydrogen-bond acceptors (Lipinski definition) is 6. The molecule has 20 heavy (non-hydrogen) atoms. The fourth-order valence-electron chi connectivity index (χ4n) is 1.90. The molecule has 0 atom stereocenters. The normalized spacial score (nSPS) is 19.1. The van der Waals surface area contributed by atoms with E-state index in [9.17, 15) is 8.42 Å². The first-order chi connectivity index (χ1) is 9.25. The average molecular weight is 298 g/mol. The second-order valence-electron chi connectivity index (χ2n) is 6.11. The Kier molecular flexibility index (Phi) is 4.29. The minimum atomic E-state index is -2.86. The van der Waals surface area contributed by atoms with Crippen LogP contribution in [-0.2, 0) is 16.4 Å². The summed E-state index contributed by atoms with van der Waals surface area (Å²) < 4.78 is 22.8. The molecule has 0 spiro atoms. The number of sulfone groups is 1. The van der Waals surface area contributed by atoms with E-state index in [0.717, 1.165) is 11.5 Å². The smallest absolute Gasteiger partial charge is 0.153 e. The molecule has 0 amide bonds. The van der Waals surface area contributed by atoms with Gasteiger partial charge in [0.25, 0.3) is 0 Å². The summed E-state index contributed by atoms with van der Waals surface area (Å²) in [7, 11) is -2.86. The molecule has 0 aliphatic carbocycles. The van der Waals surface area contributed by atoms with Crippen molar-refractivity contribution in [1.29, 1.82) is 0 Å². The first-order valence-electron chi connectivity index (χ1n) is 6.76. The highest BCUT2D eigenvalue weighted by atomic mass is 32.2. The van der Waals surface area contributed by atoms with Gasteiger partial charge in [0.05, 0.1) is 29.6 Å². The van der Waals surface area contributed by atoms with Gasteiger partial charge in [0, 0.05) is 25.2 Å². The number of nitrogens with one attached hydrogen (secondary N) is 1. The average Bonchev–Trinajstić information content (AvgIpc) is 2.36. The zero-order valence-corrected chi connectivity index (χ0v) is 13.1. The third kappa shape index (κ3) is 4.42. The fourth-order valence-corrected chi connectivity index (χ4v) is 3.10. The van der Waals surface area contributed by atoms with E-state index in [1.165, 1.54) is 0 Å². The summed E-state index contributed by atoms with van der Waals surface area (Å²) in [6.07, 6.45) is 3.47. The summed E-state index contributed by atoms with van der Waals surface area (Å²) in [4.78, 5) is 10.7. The van der Waals surface area contributed by atoms with Gasteiger partial charge in [-0.15, -0.1) is 0 Å². The minimum Gasteiger partial charge on any atom is -0.353 e. The highest BCUT2D eigenvalue weighted by molar-refractivity contribution is 7.91. The third-order valence-electron chi connectivity index (χ3n) is 3.16. The van der Waals surface area contributed by atoms with E-state index in [4.69, 9.17) is 0 Å². The van der Waals surface area contributed by atoms with Crippen LogP contribution in [-0.4, -0.2) is 48.5 Å². The van der Waals surface area contributed by atoms with E-state index < -0.39 is 9.84 Å². The van der Waals surface area contributed by atoms with E-state index in [2.05, 4.69) is 36.1 Å². The Hall–Kier alpha value is -1.21. The van der Waals surface area contributed by atoms with E-state index in [0.29, 0.717) is 19.6 Å². The first-order valence-corrected chi connectivity index (χ1v) is 8.59. The molecule has 6 nitrogen and oxygen atoms in total. The Balaban J connectivity index is 1.95. The Bertz CT molecular complexity index is 535. The monoisotopic (exact) mass is 298 g/mol. The van der Waals surface area contributed by atoms with Gasteiger partial charge in [-0.3, -0.25) is 4.98 Å². The fraction of sp³-hybridized carbons (Fsp3) is 0.692. The lowest BCUT2D eigenvalue weighted by atomic mass is 10.1. The predicted molar refractivity (Wildman–Crippen MR) is 79.5 cm³/mol. The Morgan fingerprint density at radius 1 is 1.20 bits per heavy atom. The van der Waals surface area contributed by atoms with Crippen molar-refractivity contribution in [1.82, 2.24) is 15.3 Å². The molecule has 1 aliphatic rings. The lowest BCUT2D eigenvalue weighted by Gasteiger charge is -2.27. The Morgan fingerprint density at radius 3 is 2.35 bits per heavy atom. The second-order valence-corrected chi connectivity index (χ2v) is 8.41. The van der Waals surface area contributed by atoms with Gasteiger partial charge in [-0.05, 0) is 20.8 Å². The van der Waals surface area contributed by atoms with Crippen LogP contribution in [0.1, 0.15) is 26.5 Å². The summed E-state index contributed by atoms with van der Waals surface area (Å²) in [5.74, 6) is 1.14. The molecular weight excluding hydrogens is 276 g/mol. The van der Waals surface area contributed by atoms with Crippen molar-refractivity contribution < 1.29 is 8.42 Å². The maximum Gasteiger partial charge on any atom is 0.153 e. The maximum absolute atomic E-state index is 11.4. The van der Waals surface area contributed by atoms with Crippen molar-refractivity contribution in [3.63, 3.8) is 0 Å². The molecule has 0 unspecified atom stereocenters. The molecule has 1 aromatic rings. The van der Waals surface area contributed by atoms with Crippen molar-refractivity contribution in [2.24, 2.45) is 0 Å². The third-order valence-corrected chi connectivity index (χ3v) is 4.77. The van der Waals surface area contributed by atoms with Crippen LogP contribution < -0.4 is 10.2 Å². The molecule has 2 rings (SSSR count). The van der Waals surface area contributed by atoms with Crippen LogP contribution in [0.4, 0.5) is 5.82 Å². The quantitative estimate of drug-likeness (QED) is 0.881. The van der Waals surface area contributed by atoms with Crippen molar-refractivity contribution in [3.05, 3.63) is 18.1 Å². The molecule has 1 fully saturated rings. The van der Waals surface area contributed by atoms with Crippen LogP contribution in [0.3, 0.4) is 0 Å². The zero-order valence-electron chi connectivity index (χ0n) is 12.3. The zero-order chi connectivity index (χ0) is 14.8. The molecule has 1 N–H and O–H groups in total. The standard InChI is InChI=1S/C13H22N4O2S/c1-13(2,3)16-9-11-8-15-12(10-14-11)17-4-6-20(18,19)7-5-17/h8,10,16H,4-7,9H2,1-3H3. The molecule has 1 saturated heterocycles. The van der Waals surface area contributed by atoms with Gasteiger partial charge >= 0.3 is 0 Å². The molecule has 1 aromatic heterocycles. The second kappa shape index (κ2) is 5.65. The van der Waals surface area contributed by atoms with Crippen molar-refractivity contribution >= 4 is 15.7 Å². The van der Waals surface area contributed by atoms with E-state index in [1.54, 1.807) is 12.4 Å². The van der Waals surface area contributed by atoms with Crippen molar-refractivity contribution in [2.45, 2.75) is 32.9 Å². The van der Waals surface area contributed by atoms with Crippen LogP contribution in [0.15, 0.2) is 12.4 Å². The van der Waals surface area contributed by atoms with Crippen molar-refractivity contribution in [3.8, 4) is 0 Å². The van der Waals surface area contributed by atoms with Crippen LogP contribution in [0.5, 0.6) is 0 Å². The topological polar surface area (TPSA) is 75.2 Å². The number of aromatic nitrogens is 2. The highest BCUT2D eigenvalue weighted by Gasteiger charge is 2.22. The number of nitrogens with zero attached hydrogens (tertiary/aromatic N) is 3. The van der Waals surface area contributed by atoms with Crippen LogP contribution >= 0.6 is 0 Å². The van der Waals surface area contributed by atoms with E-state index >= 15 is 0 Å².